The van der Waals surface area contributed by atoms with Gasteiger partial charge >= 0.3 is 0 Å². The zero-order valence-corrected chi connectivity index (χ0v) is 12.2. The Morgan fingerprint density at radius 2 is 2.05 bits per heavy atom. The maximum atomic E-state index is 11.4. The molecule has 0 bridgehead atoms. The minimum atomic E-state index is -3.28. The Bertz CT molecular complexity index is 591. The predicted octanol–water partition coefficient (Wildman–Crippen LogP) is 0.989. The molecule has 0 spiro atoms. The van der Waals surface area contributed by atoms with Gasteiger partial charge in [0.2, 0.25) is 0 Å². The number of nitrogens with two attached hydrogens (primary N) is 1. The summed E-state index contributed by atoms with van der Waals surface area (Å²) < 4.78 is 28.4. The molecule has 0 radical (unpaired) electrons. The molecule has 19 heavy (non-hydrogen) atoms. The van der Waals surface area contributed by atoms with Gasteiger partial charge in [0, 0.05) is 17.1 Å². The van der Waals surface area contributed by atoms with Crippen LogP contribution in [0.25, 0.3) is 0 Å². The van der Waals surface area contributed by atoms with Crippen molar-refractivity contribution in [1.29, 1.82) is 0 Å². The van der Waals surface area contributed by atoms with Crippen LogP contribution in [0.4, 0.5) is 0 Å². The summed E-state index contributed by atoms with van der Waals surface area (Å²) in [6.07, 6.45) is -1.91. The molecule has 5 nitrogen and oxygen atoms in total. The molecule has 1 aliphatic heterocycles. The van der Waals surface area contributed by atoms with Crippen LogP contribution < -0.4 is 10.5 Å². The molecule has 1 aromatic carbocycles. The zero-order chi connectivity index (χ0) is 14.2. The molecule has 2 rings (SSSR count). The van der Waals surface area contributed by atoms with Crippen molar-refractivity contribution in [3.63, 3.8) is 0 Å². The van der Waals surface area contributed by atoms with E-state index in [1.807, 2.05) is 0 Å². The molecular weight excluding hydrogens is 313 g/mol. The normalized spacial score (nSPS) is 25.5. The number of halogens is 2. The molecule has 0 saturated carbocycles. The van der Waals surface area contributed by atoms with E-state index < -0.39 is 22.0 Å². The first-order valence-electron chi connectivity index (χ1n) is 5.55. The van der Waals surface area contributed by atoms with Crippen molar-refractivity contribution in [2.45, 2.75) is 18.8 Å². The highest BCUT2D eigenvalue weighted by atomic mass is 35.5. The van der Waals surface area contributed by atoms with Crippen molar-refractivity contribution in [2.75, 3.05) is 11.5 Å². The van der Waals surface area contributed by atoms with Gasteiger partial charge in [-0.1, -0.05) is 23.2 Å². The van der Waals surface area contributed by atoms with Crippen molar-refractivity contribution >= 4 is 33.0 Å². The monoisotopic (exact) mass is 325 g/mol. The molecule has 1 saturated heterocycles. The number of rotatable bonds is 3. The molecule has 1 aliphatic rings. The van der Waals surface area contributed by atoms with Crippen LogP contribution in [0.5, 0.6) is 5.75 Å². The fraction of sp³-hybridized carbons (Fsp3) is 0.455. The van der Waals surface area contributed by atoms with Crippen molar-refractivity contribution in [3.8, 4) is 5.75 Å². The second-order valence-corrected chi connectivity index (χ2v) is 7.38. The quantitative estimate of drug-likeness (QED) is 0.864. The van der Waals surface area contributed by atoms with E-state index in [-0.39, 0.29) is 28.8 Å². The molecule has 2 atom stereocenters. The van der Waals surface area contributed by atoms with E-state index in [0.717, 1.165) is 0 Å². The summed E-state index contributed by atoms with van der Waals surface area (Å²) in [6, 6.07) is 3.08. The number of ether oxygens (including phenoxy) is 1. The van der Waals surface area contributed by atoms with Crippen molar-refractivity contribution in [2.24, 2.45) is 5.73 Å². The smallest absolute Gasteiger partial charge is 0.156 e. The Morgan fingerprint density at radius 3 is 2.58 bits per heavy atom. The standard InChI is InChI=1S/C11H13Cl2NO4S/c12-7-1-6(3-14)11(8(13)2-7)18-10-5-19(16,17)4-9(10)15/h1-2,9-10,15H,3-5,14H2. The highest BCUT2D eigenvalue weighted by Gasteiger charge is 2.38. The molecule has 0 aromatic heterocycles. The number of aliphatic hydroxyl groups excluding tert-OH is 1. The van der Waals surface area contributed by atoms with E-state index in [4.69, 9.17) is 33.7 Å². The van der Waals surface area contributed by atoms with Crippen LogP contribution in [-0.4, -0.2) is 37.2 Å². The van der Waals surface area contributed by atoms with E-state index in [9.17, 15) is 13.5 Å². The summed E-state index contributed by atoms with van der Waals surface area (Å²) in [5.41, 5.74) is 6.14. The van der Waals surface area contributed by atoms with E-state index in [2.05, 4.69) is 0 Å². The predicted molar refractivity (Wildman–Crippen MR) is 73.4 cm³/mol. The Hall–Kier alpha value is -0.530. The summed E-state index contributed by atoms with van der Waals surface area (Å²) in [7, 11) is -3.28. The first kappa shape index (κ1) is 14.9. The number of sulfone groups is 1. The van der Waals surface area contributed by atoms with Crippen molar-refractivity contribution < 1.29 is 18.3 Å². The molecule has 0 amide bonds. The maximum absolute atomic E-state index is 11.4. The number of benzene rings is 1. The Morgan fingerprint density at radius 1 is 1.37 bits per heavy atom. The third kappa shape index (κ3) is 3.32. The van der Waals surface area contributed by atoms with Gasteiger partial charge in [-0.2, -0.15) is 0 Å². The largest absolute Gasteiger partial charge is 0.485 e. The van der Waals surface area contributed by atoms with Gasteiger partial charge in [-0.3, -0.25) is 0 Å². The van der Waals surface area contributed by atoms with Crippen LogP contribution >= 0.6 is 23.2 Å². The van der Waals surface area contributed by atoms with Crippen molar-refractivity contribution in [3.05, 3.63) is 27.7 Å². The minimum absolute atomic E-state index is 0.144. The third-order valence-electron chi connectivity index (χ3n) is 2.85. The van der Waals surface area contributed by atoms with Gasteiger partial charge in [0.05, 0.1) is 16.5 Å². The van der Waals surface area contributed by atoms with E-state index in [0.29, 0.717) is 10.6 Å². The van der Waals surface area contributed by atoms with Crippen LogP contribution in [0.1, 0.15) is 5.56 Å². The fourth-order valence-electron chi connectivity index (χ4n) is 1.96. The lowest BCUT2D eigenvalue weighted by Crippen LogP contribution is -2.30. The summed E-state index contributed by atoms with van der Waals surface area (Å²) in [5.74, 6) is -0.271. The average molecular weight is 326 g/mol. The Kier molecular flexibility index (Phi) is 4.27. The summed E-state index contributed by atoms with van der Waals surface area (Å²) in [5, 5.41) is 10.3. The molecule has 8 heteroatoms. The Labute approximate surface area is 121 Å². The molecule has 2 unspecified atom stereocenters. The lowest BCUT2D eigenvalue weighted by molar-refractivity contribution is 0.0732. The van der Waals surface area contributed by atoms with Gasteiger partial charge in [-0.15, -0.1) is 0 Å². The fourth-order valence-corrected chi connectivity index (χ4v) is 4.20. The summed E-state index contributed by atoms with van der Waals surface area (Å²) in [4.78, 5) is 0. The molecule has 106 valence electrons. The number of hydrogen-bond donors (Lipinski definition) is 2. The first-order valence-corrected chi connectivity index (χ1v) is 8.13. The number of hydrogen-bond acceptors (Lipinski definition) is 5. The highest BCUT2D eigenvalue weighted by molar-refractivity contribution is 7.91. The third-order valence-corrected chi connectivity index (χ3v) is 5.03. The van der Waals surface area contributed by atoms with Gasteiger partial charge in [0.1, 0.15) is 18.0 Å². The van der Waals surface area contributed by atoms with Crippen LogP contribution in [0.3, 0.4) is 0 Å². The Balaban J connectivity index is 2.29. The van der Waals surface area contributed by atoms with Gasteiger partial charge < -0.3 is 15.6 Å². The van der Waals surface area contributed by atoms with Crippen molar-refractivity contribution in [1.82, 2.24) is 0 Å². The zero-order valence-electron chi connectivity index (χ0n) is 9.84. The number of aliphatic hydroxyl groups is 1. The highest BCUT2D eigenvalue weighted by Crippen LogP contribution is 2.34. The van der Waals surface area contributed by atoms with Gasteiger partial charge in [-0.25, -0.2) is 8.42 Å². The summed E-state index contributed by atoms with van der Waals surface area (Å²) >= 11 is 11.9. The van der Waals surface area contributed by atoms with E-state index >= 15 is 0 Å². The van der Waals surface area contributed by atoms with Gasteiger partial charge in [0.25, 0.3) is 0 Å². The topological polar surface area (TPSA) is 89.6 Å². The lowest BCUT2D eigenvalue weighted by atomic mass is 10.2. The van der Waals surface area contributed by atoms with Crippen LogP contribution in [0.2, 0.25) is 10.0 Å². The van der Waals surface area contributed by atoms with Crippen LogP contribution in [0, 0.1) is 0 Å². The minimum Gasteiger partial charge on any atom is -0.485 e. The second kappa shape index (κ2) is 5.46. The van der Waals surface area contributed by atoms with E-state index in [1.54, 1.807) is 6.07 Å². The summed E-state index contributed by atoms with van der Waals surface area (Å²) in [6.45, 7) is 0.144. The lowest BCUT2D eigenvalue weighted by Gasteiger charge is -2.19. The average Bonchev–Trinajstić information content (AvgIpc) is 2.55. The molecule has 0 aliphatic carbocycles. The van der Waals surface area contributed by atoms with Gasteiger partial charge in [0.15, 0.2) is 9.84 Å². The second-order valence-electron chi connectivity index (χ2n) is 4.38. The van der Waals surface area contributed by atoms with Crippen LogP contribution in [0.15, 0.2) is 12.1 Å². The molecule has 1 aromatic rings. The molecule has 3 N–H and O–H groups in total. The van der Waals surface area contributed by atoms with E-state index in [1.165, 1.54) is 6.07 Å². The molecular formula is C11H13Cl2NO4S. The first-order chi connectivity index (χ1) is 8.82. The van der Waals surface area contributed by atoms with Crippen LogP contribution in [-0.2, 0) is 16.4 Å². The molecule has 1 heterocycles. The SMILES string of the molecule is NCc1cc(Cl)cc(Cl)c1OC1CS(=O)(=O)CC1O. The molecule has 1 fully saturated rings. The maximum Gasteiger partial charge on any atom is 0.156 e. The van der Waals surface area contributed by atoms with Gasteiger partial charge in [-0.05, 0) is 12.1 Å².